The van der Waals surface area contributed by atoms with Gasteiger partial charge in [-0.15, -0.1) is 23.1 Å². The van der Waals surface area contributed by atoms with Gasteiger partial charge >= 0.3 is 0 Å². The highest BCUT2D eigenvalue weighted by Gasteiger charge is 2.13. The van der Waals surface area contributed by atoms with Crippen molar-refractivity contribution in [3.05, 3.63) is 45.4 Å². The Morgan fingerprint density at radius 1 is 1.35 bits per heavy atom. The lowest BCUT2D eigenvalue weighted by Crippen LogP contribution is -2.31. The summed E-state index contributed by atoms with van der Waals surface area (Å²) in [5.74, 6) is 0.0787. The van der Waals surface area contributed by atoms with Gasteiger partial charge in [0.1, 0.15) is 0 Å². The molecule has 1 unspecified atom stereocenters. The number of carbonyl (C=O) groups is 1. The summed E-state index contributed by atoms with van der Waals surface area (Å²) in [6.07, 6.45) is 3.01. The van der Waals surface area contributed by atoms with Crippen LogP contribution in [0.15, 0.2) is 34.5 Å². The molecule has 1 N–H and O–H groups in total. The molecule has 0 spiro atoms. The number of amides is 1. The lowest BCUT2D eigenvalue weighted by Gasteiger charge is -2.12. The fourth-order valence-corrected chi connectivity index (χ4v) is 3.88. The van der Waals surface area contributed by atoms with E-state index in [4.69, 9.17) is 11.6 Å². The number of rotatable bonds is 8. The number of nitrogens with zero attached hydrogens (tertiary/aromatic N) is 1. The number of carbonyl (C=O) groups excluding carboxylic acids is 1. The first kappa shape index (κ1) is 18.3. The Balaban J connectivity index is 1.62. The minimum atomic E-state index is -0.113. The molecule has 2 rings (SSSR count). The second-order valence-corrected chi connectivity index (χ2v) is 8.14. The summed E-state index contributed by atoms with van der Waals surface area (Å²) in [5.41, 5.74) is 1.09. The zero-order valence-corrected chi connectivity index (χ0v) is 15.7. The molecule has 0 aliphatic carbocycles. The van der Waals surface area contributed by atoms with Crippen molar-refractivity contribution in [1.29, 1.82) is 0 Å². The van der Waals surface area contributed by atoms with Gasteiger partial charge in [0.25, 0.3) is 0 Å². The Morgan fingerprint density at radius 3 is 2.74 bits per heavy atom. The molecular formula is C17H21ClN2OS2. The predicted octanol–water partition coefficient (Wildman–Crippen LogP) is 4.72. The van der Waals surface area contributed by atoms with Crippen LogP contribution in [0.3, 0.4) is 0 Å². The second kappa shape index (κ2) is 9.30. The Kier molecular flexibility index (Phi) is 7.40. The van der Waals surface area contributed by atoms with Crippen LogP contribution in [0.25, 0.3) is 0 Å². The fourth-order valence-electron chi connectivity index (χ4n) is 2.04. The van der Waals surface area contributed by atoms with E-state index >= 15 is 0 Å². The minimum absolute atomic E-state index is 0.0787. The van der Waals surface area contributed by atoms with E-state index in [2.05, 4.69) is 15.7 Å². The van der Waals surface area contributed by atoms with E-state index in [1.54, 1.807) is 23.1 Å². The molecule has 124 valence electrons. The van der Waals surface area contributed by atoms with Crippen LogP contribution in [0.5, 0.6) is 0 Å². The first-order valence-corrected chi connectivity index (χ1v) is 9.79. The van der Waals surface area contributed by atoms with Crippen LogP contribution in [0, 0.1) is 6.92 Å². The molecule has 0 saturated heterocycles. The molecule has 0 saturated carbocycles. The van der Waals surface area contributed by atoms with Crippen molar-refractivity contribution in [2.75, 3.05) is 6.54 Å². The smallest absolute Gasteiger partial charge is 0.233 e. The van der Waals surface area contributed by atoms with E-state index in [1.165, 1.54) is 5.01 Å². The number of nitrogens with one attached hydrogen (secondary N) is 1. The van der Waals surface area contributed by atoms with E-state index in [0.29, 0.717) is 11.6 Å². The highest BCUT2D eigenvalue weighted by molar-refractivity contribution is 8.00. The van der Waals surface area contributed by atoms with Crippen molar-refractivity contribution in [1.82, 2.24) is 10.3 Å². The molecule has 1 amide bonds. The molecule has 1 atom stereocenters. The van der Waals surface area contributed by atoms with Crippen LogP contribution in [0.2, 0.25) is 5.02 Å². The molecule has 0 aliphatic rings. The zero-order valence-electron chi connectivity index (χ0n) is 13.3. The summed E-state index contributed by atoms with van der Waals surface area (Å²) in [6, 6.07) is 7.56. The van der Waals surface area contributed by atoms with E-state index < -0.39 is 0 Å². The van der Waals surface area contributed by atoms with Gasteiger partial charge in [-0.3, -0.25) is 4.79 Å². The van der Waals surface area contributed by atoms with Crippen LogP contribution < -0.4 is 5.32 Å². The average molecular weight is 369 g/mol. The molecule has 3 nitrogen and oxygen atoms in total. The van der Waals surface area contributed by atoms with Gasteiger partial charge in [0.2, 0.25) is 5.91 Å². The molecule has 0 bridgehead atoms. The number of aromatic nitrogens is 1. The van der Waals surface area contributed by atoms with Gasteiger partial charge in [0.05, 0.1) is 10.3 Å². The Hall–Kier alpha value is -1.04. The summed E-state index contributed by atoms with van der Waals surface area (Å²) in [5, 5.41) is 6.86. The number of halogens is 1. The number of aryl methyl sites for hydroxylation is 2. The summed E-state index contributed by atoms with van der Waals surface area (Å²) in [6.45, 7) is 4.65. The van der Waals surface area contributed by atoms with Crippen molar-refractivity contribution in [3.63, 3.8) is 0 Å². The maximum Gasteiger partial charge on any atom is 0.233 e. The van der Waals surface area contributed by atoms with E-state index in [-0.39, 0.29) is 11.2 Å². The lowest BCUT2D eigenvalue weighted by atomic mass is 10.2. The molecule has 0 radical (unpaired) electrons. The zero-order chi connectivity index (χ0) is 16.7. The summed E-state index contributed by atoms with van der Waals surface area (Å²) < 4.78 is 0. The maximum atomic E-state index is 12.1. The van der Waals surface area contributed by atoms with Crippen molar-refractivity contribution in [2.24, 2.45) is 0 Å². The largest absolute Gasteiger partial charge is 0.355 e. The van der Waals surface area contributed by atoms with E-state index in [9.17, 15) is 4.79 Å². The van der Waals surface area contributed by atoms with Crippen molar-refractivity contribution in [2.45, 2.75) is 43.3 Å². The number of unbranched alkanes of at least 4 members (excludes halogenated alkanes) is 1. The monoisotopic (exact) mass is 368 g/mol. The Labute approximate surface area is 150 Å². The van der Waals surface area contributed by atoms with Crippen molar-refractivity contribution >= 4 is 40.6 Å². The first-order chi connectivity index (χ1) is 11.0. The third-order valence-electron chi connectivity index (χ3n) is 3.28. The van der Waals surface area contributed by atoms with Crippen molar-refractivity contribution in [3.8, 4) is 0 Å². The van der Waals surface area contributed by atoms with Crippen molar-refractivity contribution < 1.29 is 4.79 Å². The summed E-state index contributed by atoms with van der Waals surface area (Å²) in [7, 11) is 0. The minimum Gasteiger partial charge on any atom is -0.355 e. The fraction of sp³-hybridized carbons (Fsp3) is 0.412. The molecular weight excluding hydrogens is 348 g/mol. The van der Waals surface area contributed by atoms with E-state index in [0.717, 1.165) is 29.9 Å². The van der Waals surface area contributed by atoms with Gasteiger partial charge < -0.3 is 5.32 Å². The Bertz CT molecular complexity index is 628. The SMILES string of the molecule is Cc1csc(CCCCNC(=O)C(C)Sc2ccc(Cl)cc2)n1. The molecule has 2 aromatic rings. The third kappa shape index (κ3) is 6.53. The highest BCUT2D eigenvalue weighted by atomic mass is 35.5. The number of thiazole rings is 1. The number of hydrogen-bond acceptors (Lipinski definition) is 4. The quantitative estimate of drug-likeness (QED) is 0.541. The summed E-state index contributed by atoms with van der Waals surface area (Å²) >= 11 is 9.12. The molecule has 23 heavy (non-hydrogen) atoms. The van der Waals surface area contributed by atoms with Gasteiger partial charge in [-0.05, 0) is 57.4 Å². The van der Waals surface area contributed by atoms with Gasteiger partial charge in [0.15, 0.2) is 0 Å². The molecule has 6 heteroatoms. The number of benzene rings is 1. The molecule has 0 fully saturated rings. The highest BCUT2D eigenvalue weighted by Crippen LogP contribution is 2.24. The molecule has 1 aromatic carbocycles. The number of hydrogen-bond donors (Lipinski definition) is 1. The van der Waals surface area contributed by atoms with Gasteiger partial charge in [0, 0.05) is 27.5 Å². The molecule has 1 heterocycles. The third-order valence-corrected chi connectivity index (χ3v) is 5.67. The van der Waals surface area contributed by atoms with Crippen LogP contribution in [-0.4, -0.2) is 22.7 Å². The molecule has 0 aliphatic heterocycles. The normalized spacial score (nSPS) is 12.1. The van der Waals surface area contributed by atoms with Gasteiger partial charge in [-0.1, -0.05) is 11.6 Å². The number of thioether (sulfide) groups is 1. The van der Waals surface area contributed by atoms with E-state index in [1.807, 2.05) is 38.1 Å². The standard InChI is InChI=1S/C17H21ClN2OS2/c1-12-11-22-16(20-12)5-3-4-10-19-17(21)13(2)23-15-8-6-14(18)7-9-15/h6-9,11,13H,3-5,10H2,1-2H3,(H,19,21). The van der Waals surface area contributed by atoms with Crippen LogP contribution in [0.4, 0.5) is 0 Å². The summed E-state index contributed by atoms with van der Waals surface area (Å²) in [4.78, 5) is 17.6. The predicted molar refractivity (Wildman–Crippen MR) is 99.6 cm³/mol. The lowest BCUT2D eigenvalue weighted by molar-refractivity contribution is -0.120. The average Bonchev–Trinajstić information content (AvgIpc) is 2.94. The maximum absolute atomic E-state index is 12.1. The first-order valence-electron chi connectivity index (χ1n) is 7.65. The molecule has 1 aromatic heterocycles. The van der Waals surface area contributed by atoms with Gasteiger partial charge in [-0.2, -0.15) is 0 Å². The van der Waals surface area contributed by atoms with Crippen LogP contribution in [0.1, 0.15) is 30.5 Å². The van der Waals surface area contributed by atoms with Gasteiger partial charge in [-0.25, -0.2) is 4.98 Å². The topological polar surface area (TPSA) is 42.0 Å². The van der Waals surface area contributed by atoms with Crippen LogP contribution >= 0.6 is 34.7 Å². The Morgan fingerprint density at radius 2 is 2.09 bits per heavy atom. The van der Waals surface area contributed by atoms with Crippen LogP contribution in [-0.2, 0) is 11.2 Å². The second-order valence-electron chi connectivity index (χ2n) is 5.34.